The van der Waals surface area contributed by atoms with Crippen molar-refractivity contribution in [3.8, 4) is 0 Å². The number of hydrogen-bond donors (Lipinski definition) is 1. The van der Waals surface area contributed by atoms with Crippen molar-refractivity contribution in [2.45, 2.75) is 50.5 Å². The van der Waals surface area contributed by atoms with E-state index in [4.69, 9.17) is 0 Å². The molecule has 1 aromatic rings. The van der Waals surface area contributed by atoms with Crippen molar-refractivity contribution in [3.05, 3.63) is 35.9 Å². The Balaban J connectivity index is 1.95. The van der Waals surface area contributed by atoms with Gasteiger partial charge in [0.05, 0.1) is 0 Å². The fraction of sp³-hybridized carbons (Fsp3) is 0.533. The fourth-order valence-corrected chi connectivity index (χ4v) is 2.85. The first-order chi connectivity index (χ1) is 8.35. The number of hydrogen-bond acceptors (Lipinski definition) is 1. The summed E-state index contributed by atoms with van der Waals surface area (Å²) < 4.78 is 0. The molecular weight excluding hydrogens is 210 g/mol. The Morgan fingerprint density at radius 1 is 1.12 bits per heavy atom. The normalized spacial score (nSPS) is 18.6. The second-order valence-corrected chi connectivity index (χ2v) is 5.09. The van der Waals surface area contributed by atoms with Crippen molar-refractivity contribution in [2.24, 2.45) is 0 Å². The summed E-state index contributed by atoms with van der Waals surface area (Å²) in [6.07, 6.45) is 9.09. The molecule has 1 aromatic carbocycles. The van der Waals surface area contributed by atoms with Gasteiger partial charge in [0.25, 0.3) is 0 Å². The van der Waals surface area contributed by atoms with Crippen LogP contribution in [0.2, 0.25) is 0 Å². The Morgan fingerprint density at radius 2 is 1.82 bits per heavy atom. The van der Waals surface area contributed by atoms with Gasteiger partial charge in [0.15, 0.2) is 0 Å². The lowest BCUT2D eigenvalue weighted by atomic mass is 9.78. The zero-order valence-electron chi connectivity index (χ0n) is 10.3. The molecule has 1 aliphatic carbocycles. The van der Waals surface area contributed by atoms with Crippen LogP contribution in [0, 0.1) is 0 Å². The van der Waals surface area contributed by atoms with Crippen molar-refractivity contribution in [1.82, 2.24) is 5.32 Å². The molecule has 0 spiro atoms. The van der Waals surface area contributed by atoms with Gasteiger partial charge in [-0.2, -0.15) is 0 Å². The number of aryl methyl sites for hydroxylation is 1. The third-order valence-electron chi connectivity index (χ3n) is 3.91. The molecule has 1 amide bonds. The number of nitrogens with one attached hydrogen (secondary N) is 1. The minimum atomic E-state index is 0.0653. The molecule has 1 N–H and O–H groups in total. The molecule has 17 heavy (non-hydrogen) atoms. The van der Waals surface area contributed by atoms with E-state index in [1.807, 2.05) is 6.07 Å². The first-order valence-electron chi connectivity index (χ1n) is 6.60. The van der Waals surface area contributed by atoms with Crippen molar-refractivity contribution < 1.29 is 4.79 Å². The molecule has 1 saturated carbocycles. The second kappa shape index (κ2) is 5.85. The van der Waals surface area contributed by atoms with Crippen LogP contribution in [-0.2, 0) is 11.2 Å². The van der Waals surface area contributed by atoms with E-state index >= 15 is 0 Å². The SMILES string of the molecule is O=CNC1(CCc2ccccc2)CCCCC1. The maximum absolute atomic E-state index is 10.8. The molecule has 0 aromatic heterocycles. The summed E-state index contributed by atoms with van der Waals surface area (Å²) in [6.45, 7) is 0. The van der Waals surface area contributed by atoms with Crippen LogP contribution in [-0.4, -0.2) is 11.9 Å². The Kier molecular flexibility index (Phi) is 4.18. The lowest BCUT2D eigenvalue weighted by Gasteiger charge is -2.37. The maximum Gasteiger partial charge on any atom is 0.207 e. The van der Waals surface area contributed by atoms with Crippen LogP contribution in [0.3, 0.4) is 0 Å². The molecular formula is C15H21NO. The first-order valence-corrected chi connectivity index (χ1v) is 6.60. The molecule has 0 unspecified atom stereocenters. The van der Waals surface area contributed by atoms with Crippen LogP contribution in [0.1, 0.15) is 44.1 Å². The minimum absolute atomic E-state index is 0.0653. The van der Waals surface area contributed by atoms with E-state index in [2.05, 4.69) is 29.6 Å². The molecule has 0 bridgehead atoms. The quantitative estimate of drug-likeness (QED) is 0.775. The van der Waals surface area contributed by atoms with Crippen LogP contribution in [0.4, 0.5) is 0 Å². The van der Waals surface area contributed by atoms with E-state index in [1.54, 1.807) is 0 Å². The molecule has 2 nitrogen and oxygen atoms in total. The van der Waals surface area contributed by atoms with Crippen LogP contribution in [0.5, 0.6) is 0 Å². The Labute approximate surface area is 103 Å². The van der Waals surface area contributed by atoms with Gasteiger partial charge < -0.3 is 5.32 Å². The van der Waals surface area contributed by atoms with Crippen LogP contribution < -0.4 is 5.32 Å². The van der Waals surface area contributed by atoms with Gasteiger partial charge in [-0.05, 0) is 31.2 Å². The van der Waals surface area contributed by atoms with Gasteiger partial charge in [-0.15, -0.1) is 0 Å². The molecule has 1 fully saturated rings. The molecule has 0 aliphatic heterocycles. The lowest BCUT2D eigenvalue weighted by molar-refractivity contribution is -0.111. The first kappa shape index (κ1) is 12.2. The summed E-state index contributed by atoms with van der Waals surface area (Å²) >= 11 is 0. The van der Waals surface area contributed by atoms with Crippen LogP contribution in [0.25, 0.3) is 0 Å². The molecule has 0 radical (unpaired) electrons. The molecule has 2 heteroatoms. The Hall–Kier alpha value is -1.31. The molecule has 0 saturated heterocycles. The van der Waals surface area contributed by atoms with Gasteiger partial charge in [-0.3, -0.25) is 4.79 Å². The van der Waals surface area contributed by atoms with E-state index in [9.17, 15) is 4.79 Å². The minimum Gasteiger partial charge on any atom is -0.353 e. The monoisotopic (exact) mass is 231 g/mol. The average molecular weight is 231 g/mol. The van der Waals surface area contributed by atoms with Crippen molar-refractivity contribution in [1.29, 1.82) is 0 Å². The highest BCUT2D eigenvalue weighted by atomic mass is 16.1. The summed E-state index contributed by atoms with van der Waals surface area (Å²) in [4.78, 5) is 10.8. The summed E-state index contributed by atoms with van der Waals surface area (Å²) in [5.41, 5.74) is 1.43. The fourth-order valence-electron chi connectivity index (χ4n) is 2.85. The lowest BCUT2D eigenvalue weighted by Crippen LogP contribution is -2.46. The van der Waals surface area contributed by atoms with Gasteiger partial charge in [0, 0.05) is 5.54 Å². The highest BCUT2D eigenvalue weighted by molar-refractivity contribution is 5.48. The number of carbonyl (C=O) groups excluding carboxylic acids is 1. The zero-order chi connectivity index (χ0) is 12.0. The van der Waals surface area contributed by atoms with Crippen LogP contribution >= 0.6 is 0 Å². The van der Waals surface area contributed by atoms with E-state index in [0.29, 0.717) is 0 Å². The van der Waals surface area contributed by atoms with Crippen LogP contribution in [0.15, 0.2) is 30.3 Å². The zero-order valence-corrected chi connectivity index (χ0v) is 10.3. The Bertz CT molecular complexity index is 341. The summed E-state index contributed by atoms with van der Waals surface area (Å²) in [5.74, 6) is 0. The van der Waals surface area contributed by atoms with Crippen molar-refractivity contribution >= 4 is 6.41 Å². The Morgan fingerprint density at radius 3 is 2.47 bits per heavy atom. The third-order valence-corrected chi connectivity index (χ3v) is 3.91. The number of rotatable bonds is 5. The van der Waals surface area contributed by atoms with E-state index in [0.717, 1.165) is 32.1 Å². The smallest absolute Gasteiger partial charge is 0.207 e. The van der Waals surface area contributed by atoms with Crippen molar-refractivity contribution in [3.63, 3.8) is 0 Å². The topological polar surface area (TPSA) is 29.1 Å². The summed E-state index contributed by atoms with van der Waals surface area (Å²) in [6, 6.07) is 10.5. The standard InChI is InChI=1S/C15H21NO/c17-13-16-15(10-5-2-6-11-15)12-9-14-7-3-1-4-8-14/h1,3-4,7-8,13H,2,5-6,9-12H2,(H,16,17). The highest BCUT2D eigenvalue weighted by Crippen LogP contribution is 2.31. The van der Waals surface area contributed by atoms with E-state index in [-0.39, 0.29) is 5.54 Å². The molecule has 0 heterocycles. The summed E-state index contributed by atoms with van der Waals surface area (Å²) in [7, 11) is 0. The van der Waals surface area contributed by atoms with Crippen molar-refractivity contribution in [2.75, 3.05) is 0 Å². The van der Waals surface area contributed by atoms with Gasteiger partial charge in [-0.1, -0.05) is 49.6 Å². The van der Waals surface area contributed by atoms with Gasteiger partial charge in [0.1, 0.15) is 0 Å². The summed E-state index contributed by atoms with van der Waals surface area (Å²) in [5, 5.41) is 3.09. The molecule has 92 valence electrons. The predicted octanol–water partition coefficient (Wildman–Crippen LogP) is 3.07. The second-order valence-electron chi connectivity index (χ2n) is 5.09. The molecule has 0 atom stereocenters. The maximum atomic E-state index is 10.8. The number of benzene rings is 1. The number of carbonyl (C=O) groups is 1. The van der Waals surface area contributed by atoms with Gasteiger partial charge in [-0.25, -0.2) is 0 Å². The van der Waals surface area contributed by atoms with E-state index < -0.39 is 0 Å². The molecule has 2 rings (SSSR count). The largest absolute Gasteiger partial charge is 0.353 e. The number of amides is 1. The predicted molar refractivity (Wildman–Crippen MR) is 69.8 cm³/mol. The third kappa shape index (κ3) is 3.32. The van der Waals surface area contributed by atoms with Gasteiger partial charge >= 0.3 is 0 Å². The molecule has 1 aliphatic rings. The van der Waals surface area contributed by atoms with E-state index in [1.165, 1.54) is 24.8 Å². The average Bonchev–Trinajstić information content (AvgIpc) is 2.39. The highest BCUT2D eigenvalue weighted by Gasteiger charge is 2.30. The van der Waals surface area contributed by atoms with Gasteiger partial charge in [0.2, 0.25) is 6.41 Å².